The van der Waals surface area contributed by atoms with Crippen LogP contribution in [0.4, 0.5) is 0 Å². The second-order valence-electron chi connectivity index (χ2n) is 7.12. The van der Waals surface area contributed by atoms with Gasteiger partial charge in [0.05, 0.1) is 0 Å². The molecule has 0 unspecified atom stereocenters. The van der Waals surface area contributed by atoms with E-state index in [0.717, 1.165) is 22.7 Å². The molecule has 3 aliphatic carbocycles. The van der Waals surface area contributed by atoms with Crippen molar-refractivity contribution in [3.05, 3.63) is 0 Å². The zero-order chi connectivity index (χ0) is 11.1. The maximum Gasteiger partial charge on any atom is -0.0274 e. The third-order valence-corrected chi connectivity index (χ3v) is 5.53. The Kier molecular flexibility index (Phi) is 2.90. The molecule has 0 aromatic carbocycles. The maximum atomic E-state index is 2.45. The molecule has 0 heteroatoms. The van der Waals surface area contributed by atoms with Crippen LogP contribution in [0.2, 0.25) is 0 Å². The molecule has 0 aromatic rings. The average Bonchev–Trinajstić information content (AvgIpc) is 2.18. The van der Waals surface area contributed by atoms with E-state index in [0.29, 0.717) is 0 Å². The zero-order valence-corrected chi connectivity index (χ0v) is 11.1. The fourth-order valence-electron chi connectivity index (χ4n) is 4.33. The van der Waals surface area contributed by atoms with Crippen LogP contribution < -0.4 is 0 Å². The second kappa shape index (κ2) is 3.79. The Morgan fingerprint density at radius 3 is 1.60 bits per heavy atom. The zero-order valence-electron chi connectivity index (χ0n) is 11.1. The smallest absolute Gasteiger partial charge is 0.0274 e. The van der Waals surface area contributed by atoms with E-state index in [4.69, 9.17) is 0 Å². The maximum absolute atomic E-state index is 2.45. The molecular formula is C15H28. The van der Waals surface area contributed by atoms with Crippen molar-refractivity contribution in [1.82, 2.24) is 0 Å². The van der Waals surface area contributed by atoms with E-state index >= 15 is 0 Å². The van der Waals surface area contributed by atoms with E-state index in [1.165, 1.54) is 44.9 Å². The van der Waals surface area contributed by atoms with Crippen LogP contribution in [0.3, 0.4) is 0 Å². The number of fused-ring (bicyclic) bond motifs is 3. The summed E-state index contributed by atoms with van der Waals surface area (Å²) in [6.45, 7) is 9.68. The lowest BCUT2D eigenvalue weighted by atomic mass is 9.49. The minimum absolute atomic E-state index is 0.749. The molecular weight excluding hydrogens is 180 g/mol. The van der Waals surface area contributed by atoms with Crippen LogP contribution in [0, 0.1) is 22.7 Å². The van der Waals surface area contributed by atoms with Gasteiger partial charge in [-0.2, -0.15) is 0 Å². The van der Waals surface area contributed by atoms with E-state index in [1.54, 1.807) is 0 Å². The van der Waals surface area contributed by atoms with Crippen molar-refractivity contribution in [2.45, 2.75) is 72.6 Å². The summed E-state index contributed by atoms with van der Waals surface area (Å²) >= 11 is 0. The molecule has 0 spiro atoms. The van der Waals surface area contributed by atoms with Crippen molar-refractivity contribution >= 4 is 0 Å². The van der Waals surface area contributed by atoms with Gasteiger partial charge in [-0.1, -0.05) is 27.7 Å². The molecule has 15 heavy (non-hydrogen) atoms. The van der Waals surface area contributed by atoms with E-state index < -0.39 is 0 Å². The molecule has 3 rings (SSSR count). The Morgan fingerprint density at radius 1 is 0.800 bits per heavy atom. The van der Waals surface area contributed by atoms with Gasteiger partial charge in [-0.05, 0) is 67.6 Å². The van der Waals surface area contributed by atoms with Gasteiger partial charge in [0, 0.05) is 0 Å². The molecule has 2 bridgehead atoms. The van der Waals surface area contributed by atoms with Crippen molar-refractivity contribution in [2.75, 3.05) is 0 Å². The van der Waals surface area contributed by atoms with Crippen LogP contribution in [-0.4, -0.2) is 0 Å². The highest BCUT2D eigenvalue weighted by atomic mass is 14.5. The molecule has 0 atom stereocenters. The Hall–Kier alpha value is 0. The molecule has 0 nitrogen and oxygen atoms in total. The van der Waals surface area contributed by atoms with E-state index in [2.05, 4.69) is 27.7 Å². The first kappa shape index (κ1) is 11.5. The normalized spacial score (nSPS) is 40.4. The minimum Gasteiger partial charge on any atom is -0.0628 e. The standard InChI is InChI=1S/C15H28/c1-12(2)11-14-5-8-15(9-6-14,10-7-14)13(3)4/h12-13H,5-11H2,1-4H3. The van der Waals surface area contributed by atoms with Gasteiger partial charge in [0.15, 0.2) is 0 Å². The Labute approximate surface area is 95.8 Å². The van der Waals surface area contributed by atoms with Crippen LogP contribution in [0.1, 0.15) is 72.6 Å². The van der Waals surface area contributed by atoms with Crippen molar-refractivity contribution in [2.24, 2.45) is 22.7 Å². The molecule has 3 aliphatic rings. The molecule has 88 valence electrons. The predicted molar refractivity (Wildman–Crippen MR) is 66.9 cm³/mol. The largest absolute Gasteiger partial charge is 0.0628 e. The fourth-order valence-corrected chi connectivity index (χ4v) is 4.33. The first-order chi connectivity index (χ1) is 6.98. The van der Waals surface area contributed by atoms with Gasteiger partial charge < -0.3 is 0 Å². The molecule has 0 N–H and O–H groups in total. The van der Waals surface area contributed by atoms with Crippen LogP contribution in [0.25, 0.3) is 0 Å². The third kappa shape index (κ3) is 1.97. The Bertz CT molecular complexity index is 200. The summed E-state index contributed by atoms with van der Waals surface area (Å²) in [4.78, 5) is 0. The lowest BCUT2D eigenvalue weighted by Crippen LogP contribution is -2.44. The van der Waals surface area contributed by atoms with Gasteiger partial charge >= 0.3 is 0 Å². The second-order valence-corrected chi connectivity index (χ2v) is 7.12. The molecule has 0 saturated heterocycles. The molecule has 0 aromatic heterocycles. The quantitative estimate of drug-likeness (QED) is 0.610. The fraction of sp³-hybridized carbons (Fsp3) is 1.00. The number of hydrogen-bond donors (Lipinski definition) is 0. The van der Waals surface area contributed by atoms with Crippen molar-refractivity contribution in [3.63, 3.8) is 0 Å². The van der Waals surface area contributed by atoms with E-state index in [9.17, 15) is 0 Å². The van der Waals surface area contributed by atoms with Gasteiger partial charge in [-0.25, -0.2) is 0 Å². The van der Waals surface area contributed by atoms with E-state index in [1.807, 2.05) is 0 Å². The van der Waals surface area contributed by atoms with Gasteiger partial charge in [-0.15, -0.1) is 0 Å². The summed E-state index contributed by atoms with van der Waals surface area (Å²) in [5.74, 6) is 1.81. The lowest BCUT2D eigenvalue weighted by molar-refractivity contribution is -0.0480. The summed E-state index contributed by atoms with van der Waals surface area (Å²) in [6.07, 6.45) is 10.7. The van der Waals surface area contributed by atoms with Gasteiger partial charge in [0.2, 0.25) is 0 Å². The van der Waals surface area contributed by atoms with Crippen molar-refractivity contribution < 1.29 is 0 Å². The topological polar surface area (TPSA) is 0 Å². The Morgan fingerprint density at radius 2 is 1.27 bits per heavy atom. The van der Waals surface area contributed by atoms with Crippen LogP contribution in [0.5, 0.6) is 0 Å². The SMILES string of the molecule is CC(C)CC12CCC(C(C)C)(CC1)CC2. The highest BCUT2D eigenvalue weighted by molar-refractivity contribution is 5.00. The van der Waals surface area contributed by atoms with Crippen LogP contribution in [-0.2, 0) is 0 Å². The first-order valence-corrected chi connectivity index (χ1v) is 6.98. The van der Waals surface area contributed by atoms with Crippen molar-refractivity contribution in [3.8, 4) is 0 Å². The molecule has 3 saturated carbocycles. The van der Waals surface area contributed by atoms with Gasteiger partial charge in [-0.3, -0.25) is 0 Å². The summed E-state index contributed by atoms with van der Waals surface area (Å²) in [6, 6.07) is 0. The monoisotopic (exact) mass is 208 g/mol. The highest BCUT2D eigenvalue weighted by Crippen LogP contribution is 2.61. The third-order valence-electron chi connectivity index (χ3n) is 5.53. The van der Waals surface area contributed by atoms with Crippen LogP contribution in [0.15, 0.2) is 0 Å². The van der Waals surface area contributed by atoms with Gasteiger partial charge in [0.25, 0.3) is 0 Å². The molecule has 0 heterocycles. The van der Waals surface area contributed by atoms with E-state index in [-0.39, 0.29) is 0 Å². The number of rotatable bonds is 3. The average molecular weight is 208 g/mol. The van der Waals surface area contributed by atoms with Crippen LogP contribution >= 0.6 is 0 Å². The molecule has 0 aliphatic heterocycles. The van der Waals surface area contributed by atoms with Crippen molar-refractivity contribution in [1.29, 1.82) is 0 Å². The Balaban J connectivity index is 2.04. The highest BCUT2D eigenvalue weighted by Gasteiger charge is 2.49. The van der Waals surface area contributed by atoms with Gasteiger partial charge in [0.1, 0.15) is 0 Å². The predicted octanol–water partition coefficient (Wildman–Crippen LogP) is 5.03. The molecule has 3 fully saturated rings. The summed E-state index contributed by atoms with van der Waals surface area (Å²) in [7, 11) is 0. The summed E-state index contributed by atoms with van der Waals surface area (Å²) < 4.78 is 0. The first-order valence-electron chi connectivity index (χ1n) is 6.98. The summed E-state index contributed by atoms with van der Waals surface area (Å²) in [5.41, 5.74) is 1.52. The summed E-state index contributed by atoms with van der Waals surface area (Å²) in [5, 5.41) is 0. The molecule has 0 radical (unpaired) electrons. The molecule has 0 amide bonds. The lowest BCUT2D eigenvalue weighted by Gasteiger charge is -2.56. The number of hydrogen-bond acceptors (Lipinski definition) is 0. The minimum atomic E-state index is 0.749.